The zero-order valence-electron chi connectivity index (χ0n) is 37.9. The molecule has 9 rings (SSSR count). The summed E-state index contributed by atoms with van der Waals surface area (Å²) in [7, 11) is -2.40. The van der Waals surface area contributed by atoms with Gasteiger partial charge < -0.3 is 94.6 Å². The molecule has 4 aromatic rings. The number of aliphatic carboxylic acids is 3. The standard InChI is InChI=1S/C48H48FNO23S/c49-21-12-9-18(10-13-21)26(70-47-35(57)31(53)33(55)37(72-47)43(62)63)17-74(67)38-28(50(41(38)59)22-6-2-1-3-7-22)24-14-11-20(16-25(24)69-45-29(51)27-39(58)48(27,66)40(73-45)44(64)65)19-5-4-8-23(15-19)68-46-34(56)30(52)32(54)36(71-46)42(60)61/h1-16,26-40,45-47,51-58,66H,17H2,(H,60,61)(H,62,63)(H,64,65)/t26-,27?,28+,29?,30?,31?,32-,33-,34?,35?,36?,37?,38?,39?,40?,45+,46+,47+,48?,74?/m0/s1. The first-order chi connectivity index (χ1) is 35.1. The van der Waals surface area contributed by atoms with Crippen LogP contribution in [0.25, 0.3) is 11.1 Å². The molecular weight excluding hydrogens is 1010 g/mol. The van der Waals surface area contributed by atoms with E-state index >= 15 is 0 Å². The van der Waals surface area contributed by atoms with Crippen molar-refractivity contribution in [2.75, 3.05) is 10.7 Å². The van der Waals surface area contributed by atoms with Gasteiger partial charge in [-0.2, -0.15) is 0 Å². The molecule has 4 saturated heterocycles. The largest absolute Gasteiger partial charge is 0.479 e. The summed E-state index contributed by atoms with van der Waals surface area (Å²) in [4.78, 5) is 51.8. The van der Waals surface area contributed by atoms with E-state index in [1.54, 1.807) is 36.4 Å². The number of carbonyl (C=O) groups is 4. The summed E-state index contributed by atoms with van der Waals surface area (Å²) in [6.45, 7) is 0. The Labute approximate surface area is 418 Å². The molecule has 4 aromatic carbocycles. The van der Waals surface area contributed by atoms with Crippen LogP contribution in [0.1, 0.15) is 23.3 Å². The van der Waals surface area contributed by atoms with Gasteiger partial charge in [-0.3, -0.25) is 9.00 Å². The summed E-state index contributed by atoms with van der Waals surface area (Å²) < 4.78 is 63.4. The molecule has 5 aliphatic rings. The number of fused-ring (bicyclic) bond motifs is 1. The molecule has 0 aromatic heterocycles. The maximum atomic E-state index is 15.0. The van der Waals surface area contributed by atoms with Gasteiger partial charge in [-0.1, -0.05) is 54.6 Å². The summed E-state index contributed by atoms with van der Waals surface area (Å²) in [5, 5.41) is 124. The van der Waals surface area contributed by atoms with Crippen LogP contribution >= 0.6 is 0 Å². The number of rotatable bonds is 16. The molecule has 74 heavy (non-hydrogen) atoms. The first kappa shape index (κ1) is 52.8. The van der Waals surface area contributed by atoms with Gasteiger partial charge in [-0.15, -0.1) is 0 Å². The highest BCUT2D eigenvalue weighted by Crippen LogP contribution is 2.55. The highest BCUT2D eigenvalue weighted by molar-refractivity contribution is 7.86. The molecule has 13 unspecified atom stereocenters. The number of carboxylic acid groups (broad SMARTS) is 3. The molecule has 0 spiro atoms. The lowest BCUT2D eigenvalue weighted by Crippen LogP contribution is -2.62. The predicted molar refractivity (Wildman–Crippen MR) is 242 cm³/mol. The van der Waals surface area contributed by atoms with E-state index < -0.39 is 161 Å². The maximum absolute atomic E-state index is 15.0. The smallest absolute Gasteiger partial charge is 0.336 e. The molecule has 4 aliphatic heterocycles. The lowest BCUT2D eigenvalue weighted by molar-refractivity contribution is -0.303. The van der Waals surface area contributed by atoms with Crippen molar-refractivity contribution in [3.05, 3.63) is 114 Å². The molecule has 26 heteroatoms. The molecule has 20 atom stereocenters. The van der Waals surface area contributed by atoms with Gasteiger partial charge in [-0.25, -0.2) is 18.8 Å². The van der Waals surface area contributed by atoms with E-state index in [2.05, 4.69) is 0 Å². The number of halogens is 1. The number of carbonyl (C=O) groups excluding carboxylic acids is 1. The summed E-state index contributed by atoms with van der Waals surface area (Å²) in [6, 6.07) is 21.2. The number of hydrogen-bond donors (Lipinski definition) is 12. The summed E-state index contributed by atoms with van der Waals surface area (Å²) in [6.07, 6.45) is -29.3. The van der Waals surface area contributed by atoms with Gasteiger partial charge in [0.25, 0.3) is 0 Å². The monoisotopic (exact) mass is 1060 g/mol. The SMILES string of the molecule is O=C(O)C1O[C@@H](Oc2cccc(-c3ccc([C@@H]4C(S(=O)C[C@H](O[C@@H]5OC(C(=O)O)[C@@H](O)C(O)C5O)c5ccc(F)cc5)C(=O)N4c4ccccc4)c(O[C@@H]4OC(C(=O)O)C5(O)C(O)C5C4O)c3)c2)C(O)C(O)[C@@H]1O. The van der Waals surface area contributed by atoms with Gasteiger partial charge in [-0.05, 0) is 59.2 Å². The molecule has 1 aliphatic carbocycles. The third-order valence-corrected chi connectivity index (χ3v) is 15.3. The zero-order valence-corrected chi connectivity index (χ0v) is 38.7. The van der Waals surface area contributed by atoms with Crippen LogP contribution < -0.4 is 14.4 Å². The molecule has 396 valence electrons. The molecule has 12 N–H and O–H groups in total. The minimum Gasteiger partial charge on any atom is -0.479 e. The van der Waals surface area contributed by atoms with Gasteiger partial charge in [0, 0.05) is 22.1 Å². The van der Waals surface area contributed by atoms with E-state index in [4.69, 9.17) is 28.4 Å². The number of hydrogen-bond acceptors (Lipinski definition) is 20. The average molecular weight is 1060 g/mol. The number of para-hydroxylation sites is 1. The highest BCUT2D eigenvalue weighted by Gasteiger charge is 2.77. The van der Waals surface area contributed by atoms with Crippen molar-refractivity contribution < 1.29 is 117 Å². The molecule has 1 saturated carbocycles. The fourth-order valence-electron chi connectivity index (χ4n) is 9.62. The third kappa shape index (κ3) is 9.51. The minimum atomic E-state index is -2.40. The lowest BCUT2D eigenvalue weighted by Gasteiger charge is -2.47. The molecule has 0 bridgehead atoms. The summed E-state index contributed by atoms with van der Waals surface area (Å²) >= 11 is 0. The highest BCUT2D eigenvalue weighted by atomic mass is 32.2. The normalized spacial score (nSPS) is 36.4. The first-order valence-corrected chi connectivity index (χ1v) is 24.1. The van der Waals surface area contributed by atoms with Crippen molar-refractivity contribution in [3.8, 4) is 22.6 Å². The second kappa shape index (κ2) is 20.6. The van der Waals surface area contributed by atoms with Crippen molar-refractivity contribution in [2.45, 2.75) is 109 Å². The van der Waals surface area contributed by atoms with Crippen LogP contribution in [0.4, 0.5) is 10.1 Å². The molecule has 4 heterocycles. The Morgan fingerprint density at radius 3 is 1.88 bits per heavy atom. The number of aliphatic hydroxyl groups excluding tert-OH is 8. The van der Waals surface area contributed by atoms with E-state index in [1.165, 1.54) is 53.4 Å². The van der Waals surface area contributed by atoms with E-state index in [-0.39, 0.29) is 33.9 Å². The van der Waals surface area contributed by atoms with Crippen molar-refractivity contribution in [3.63, 3.8) is 0 Å². The van der Waals surface area contributed by atoms with Gasteiger partial charge in [0.2, 0.25) is 18.5 Å². The number of benzene rings is 4. The molecular formula is C48H48FNO23S. The zero-order chi connectivity index (χ0) is 53.2. The van der Waals surface area contributed by atoms with E-state index in [9.17, 15) is 89.1 Å². The maximum Gasteiger partial charge on any atom is 0.336 e. The van der Waals surface area contributed by atoms with E-state index in [0.717, 1.165) is 12.1 Å². The Bertz CT molecular complexity index is 2790. The molecule has 0 radical (unpaired) electrons. The number of nitrogens with zero attached hydrogens (tertiary/aromatic N) is 1. The van der Waals surface area contributed by atoms with E-state index in [1.807, 2.05) is 0 Å². The topological polar surface area (TPSA) is 387 Å². The van der Waals surface area contributed by atoms with Crippen LogP contribution in [0.3, 0.4) is 0 Å². The lowest BCUT2D eigenvalue weighted by atomic mass is 9.90. The second-order valence-electron chi connectivity index (χ2n) is 18.2. The van der Waals surface area contributed by atoms with Gasteiger partial charge in [0.1, 0.15) is 70.9 Å². The number of carboxylic acids is 3. The number of ether oxygens (including phenoxy) is 6. The van der Waals surface area contributed by atoms with Crippen molar-refractivity contribution >= 4 is 40.3 Å². The Kier molecular flexibility index (Phi) is 14.7. The van der Waals surface area contributed by atoms with Crippen LogP contribution in [0.5, 0.6) is 11.5 Å². The summed E-state index contributed by atoms with van der Waals surface area (Å²) in [5.74, 6) is -8.99. The molecule has 24 nitrogen and oxygen atoms in total. The Hall–Kier alpha value is -6.08. The number of anilines is 1. The molecule has 5 fully saturated rings. The fraction of sp³-hybridized carbons (Fsp3) is 0.417. The third-order valence-electron chi connectivity index (χ3n) is 13.6. The predicted octanol–water partition coefficient (Wildman–Crippen LogP) is -2.11. The second-order valence-corrected chi connectivity index (χ2v) is 19.8. The van der Waals surface area contributed by atoms with Crippen molar-refractivity contribution in [1.82, 2.24) is 0 Å². The van der Waals surface area contributed by atoms with Crippen molar-refractivity contribution in [1.29, 1.82) is 0 Å². The Morgan fingerprint density at radius 2 is 1.26 bits per heavy atom. The van der Waals surface area contributed by atoms with Gasteiger partial charge in [0.15, 0.2) is 24.6 Å². The Morgan fingerprint density at radius 1 is 0.662 bits per heavy atom. The minimum absolute atomic E-state index is 0.0421. The fourth-order valence-corrected chi connectivity index (χ4v) is 11.3. The van der Waals surface area contributed by atoms with E-state index in [0.29, 0.717) is 5.56 Å². The van der Waals surface area contributed by atoms with Crippen LogP contribution in [0.2, 0.25) is 0 Å². The van der Waals surface area contributed by atoms with Crippen molar-refractivity contribution in [2.24, 2.45) is 5.92 Å². The van der Waals surface area contributed by atoms with Gasteiger partial charge >= 0.3 is 17.9 Å². The quantitative estimate of drug-likeness (QED) is 0.0534. The van der Waals surface area contributed by atoms with Gasteiger partial charge in [0.05, 0.1) is 29.9 Å². The Balaban J connectivity index is 1.10. The molecule has 1 amide bonds. The number of aliphatic hydroxyl groups is 9. The van der Waals surface area contributed by atoms with Crippen LogP contribution in [-0.4, -0.2) is 192 Å². The number of β-lactam (4-membered cyclic amide) rings is 1. The first-order valence-electron chi connectivity index (χ1n) is 22.7. The summed E-state index contributed by atoms with van der Waals surface area (Å²) in [5.41, 5.74) is -1.46. The van der Waals surface area contributed by atoms with Crippen LogP contribution in [-0.2, 0) is 48.9 Å². The van der Waals surface area contributed by atoms with Crippen LogP contribution in [0.15, 0.2) is 97.1 Å². The van der Waals surface area contributed by atoms with Crippen LogP contribution in [0, 0.1) is 11.7 Å². The average Bonchev–Trinajstić information content (AvgIpc) is 3.94. The number of amides is 1.